The van der Waals surface area contributed by atoms with Crippen molar-refractivity contribution in [2.24, 2.45) is 5.92 Å². The van der Waals surface area contributed by atoms with Gasteiger partial charge in [0.2, 0.25) is 0 Å². The van der Waals surface area contributed by atoms with Crippen LogP contribution in [0.1, 0.15) is 46.0 Å². The van der Waals surface area contributed by atoms with E-state index in [2.05, 4.69) is 12.2 Å². The number of esters is 1. The zero-order valence-corrected chi connectivity index (χ0v) is 10.9. The van der Waals surface area contributed by atoms with Crippen LogP contribution in [-0.4, -0.2) is 36.4 Å². The molecular weight excluding hydrogens is 218 g/mol. The number of hydrogen-bond donors (Lipinski definition) is 2. The summed E-state index contributed by atoms with van der Waals surface area (Å²) in [4.78, 5) is 11.1. The average molecular weight is 243 g/mol. The van der Waals surface area contributed by atoms with E-state index in [0.717, 1.165) is 5.92 Å². The largest absolute Gasteiger partial charge is 0.466 e. The highest BCUT2D eigenvalue weighted by molar-refractivity contribution is 5.69. The number of aliphatic hydroxyl groups is 1. The van der Waals surface area contributed by atoms with Crippen molar-refractivity contribution < 1.29 is 14.6 Å². The summed E-state index contributed by atoms with van der Waals surface area (Å²) in [5.74, 6) is 0.403. The predicted octanol–water partition coefficient (Wildman–Crippen LogP) is 1.47. The third-order valence-corrected chi connectivity index (χ3v) is 3.49. The van der Waals surface area contributed by atoms with E-state index in [9.17, 15) is 9.90 Å². The molecule has 0 amide bonds. The Morgan fingerprint density at radius 1 is 1.47 bits per heavy atom. The molecule has 2 N–H and O–H groups in total. The number of carbonyl (C=O) groups excluding carboxylic acids is 1. The molecule has 1 saturated carbocycles. The van der Waals surface area contributed by atoms with Crippen LogP contribution >= 0.6 is 0 Å². The third-order valence-electron chi connectivity index (χ3n) is 3.49. The fourth-order valence-electron chi connectivity index (χ4n) is 2.43. The number of rotatable bonds is 7. The molecule has 100 valence electrons. The second-order valence-corrected chi connectivity index (χ2v) is 4.90. The summed E-state index contributed by atoms with van der Waals surface area (Å²) in [6.07, 6.45) is 4.64. The highest BCUT2D eigenvalue weighted by Gasteiger charge is 2.22. The molecule has 0 radical (unpaired) electrons. The van der Waals surface area contributed by atoms with Crippen LogP contribution in [0, 0.1) is 5.92 Å². The molecule has 4 heteroatoms. The maximum absolute atomic E-state index is 11.1. The van der Waals surface area contributed by atoms with Gasteiger partial charge < -0.3 is 15.2 Å². The van der Waals surface area contributed by atoms with Gasteiger partial charge in [-0.25, -0.2) is 0 Å². The monoisotopic (exact) mass is 243 g/mol. The molecule has 4 nitrogen and oxygen atoms in total. The molecular formula is C13H25NO3. The molecule has 0 aromatic heterocycles. The summed E-state index contributed by atoms with van der Waals surface area (Å²) in [6.45, 7) is 4.77. The van der Waals surface area contributed by atoms with Crippen molar-refractivity contribution >= 4 is 5.97 Å². The molecule has 0 aliphatic heterocycles. The van der Waals surface area contributed by atoms with Crippen LogP contribution < -0.4 is 5.32 Å². The van der Waals surface area contributed by atoms with Crippen molar-refractivity contribution in [2.75, 3.05) is 13.2 Å². The number of nitrogens with one attached hydrogen (secondary N) is 1. The van der Waals surface area contributed by atoms with Gasteiger partial charge in [0, 0.05) is 12.6 Å². The van der Waals surface area contributed by atoms with Crippen LogP contribution in [0.2, 0.25) is 0 Å². The van der Waals surface area contributed by atoms with Gasteiger partial charge in [0.1, 0.15) is 0 Å². The number of aliphatic hydroxyl groups excluding tert-OH is 1. The van der Waals surface area contributed by atoms with Gasteiger partial charge in [-0.3, -0.25) is 4.79 Å². The lowest BCUT2D eigenvalue weighted by molar-refractivity contribution is -0.145. The molecule has 1 fully saturated rings. The lowest BCUT2D eigenvalue weighted by Gasteiger charge is -2.22. The summed E-state index contributed by atoms with van der Waals surface area (Å²) < 4.78 is 4.79. The zero-order valence-electron chi connectivity index (χ0n) is 10.9. The van der Waals surface area contributed by atoms with E-state index in [1.807, 2.05) is 0 Å². The van der Waals surface area contributed by atoms with Crippen molar-refractivity contribution in [3.8, 4) is 0 Å². The Morgan fingerprint density at radius 3 is 2.71 bits per heavy atom. The number of ether oxygens (including phenoxy) is 1. The van der Waals surface area contributed by atoms with E-state index >= 15 is 0 Å². The highest BCUT2D eigenvalue weighted by atomic mass is 16.5. The molecule has 2 atom stereocenters. The van der Waals surface area contributed by atoms with E-state index in [0.29, 0.717) is 19.2 Å². The average Bonchev–Trinajstić information content (AvgIpc) is 2.79. The van der Waals surface area contributed by atoms with Gasteiger partial charge in [-0.05, 0) is 32.6 Å². The topological polar surface area (TPSA) is 58.6 Å². The van der Waals surface area contributed by atoms with Crippen molar-refractivity contribution in [2.45, 2.75) is 58.1 Å². The van der Waals surface area contributed by atoms with Crippen LogP contribution in [0.4, 0.5) is 0 Å². The van der Waals surface area contributed by atoms with Crippen molar-refractivity contribution in [3.05, 3.63) is 0 Å². The minimum absolute atomic E-state index is 0.0816. The predicted molar refractivity (Wildman–Crippen MR) is 66.7 cm³/mol. The minimum Gasteiger partial charge on any atom is -0.466 e. The van der Waals surface area contributed by atoms with Crippen LogP contribution in [0.25, 0.3) is 0 Å². The minimum atomic E-state index is -0.641. The Hall–Kier alpha value is -0.610. The Bertz CT molecular complexity index is 227. The van der Waals surface area contributed by atoms with Crippen LogP contribution in [0.15, 0.2) is 0 Å². The Balaban J connectivity index is 2.13. The molecule has 1 rings (SSSR count). The lowest BCUT2D eigenvalue weighted by Crippen LogP contribution is -2.38. The van der Waals surface area contributed by atoms with Crippen molar-refractivity contribution in [1.29, 1.82) is 0 Å². The standard InChI is InChI=1S/C13H25NO3/c1-3-17-13(16)8-12(15)9-14-10(2)11-6-4-5-7-11/h10-12,14-15H,3-9H2,1-2H3. The normalized spacial score (nSPS) is 20.2. The van der Waals surface area contributed by atoms with Crippen molar-refractivity contribution in [3.63, 3.8) is 0 Å². The second kappa shape index (κ2) is 7.67. The summed E-state index contributed by atoms with van der Waals surface area (Å²) in [5, 5.41) is 13.0. The molecule has 0 spiro atoms. The van der Waals surface area contributed by atoms with Crippen LogP contribution in [0.3, 0.4) is 0 Å². The molecule has 0 heterocycles. The fourth-order valence-corrected chi connectivity index (χ4v) is 2.43. The van der Waals surface area contributed by atoms with E-state index in [1.54, 1.807) is 6.92 Å². The first-order valence-corrected chi connectivity index (χ1v) is 6.70. The summed E-state index contributed by atoms with van der Waals surface area (Å²) >= 11 is 0. The highest BCUT2D eigenvalue weighted by Crippen LogP contribution is 2.27. The van der Waals surface area contributed by atoms with E-state index < -0.39 is 6.10 Å². The second-order valence-electron chi connectivity index (χ2n) is 4.90. The maximum atomic E-state index is 11.1. The van der Waals surface area contributed by atoms with Crippen LogP contribution in [-0.2, 0) is 9.53 Å². The first kappa shape index (κ1) is 14.5. The molecule has 17 heavy (non-hydrogen) atoms. The maximum Gasteiger partial charge on any atom is 0.308 e. The molecule has 0 bridgehead atoms. The summed E-state index contributed by atoms with van der Waals surface area (Å²) in [6, 6.07) is 0.425. The summed E-state index contributed by atoms with van der Waals surface area (Å²) in [7, 11) is 0. The number of carbonyl (C=O) groups is 1. The molecule has 1 aliphatic rings. The summed E-state index contributed by atoms with van der Waals surface area (Å²) in [5.41, 5.74) is 0. The molecule has 0 aromatic rings. The van der Waals surface area contributed by atoms with E-state index in [-0.39, 0.29) is 12.4 Å². The van der Waals surface area contributed by atoms with Gasteiger partial charge in [-0.2, -0.15) is 0 Å². The molecule has 2 unspecified atom stereocenters. The van der Waals surface area contributed by atoms with Gasteiger partial charge in [0.25, 0.3) is 0 Å². The Labute approximate surface area is 104 Å². The first-order chi connectivity index (χ1) is 8.13. The van der Waals surface area contributed by atoms with Gasteiger partial charge in [-0.1, -0.05) is 12.8 Å². The van der Waals surface area contributed by atoms with E-state index in [4.69, 9.17) is 4.74 Å². The first-order valence-electron chi connectivity index (χ1n) is 6.70. The van der Waals surface area contributed by atoms with Gasteiger partial charge in [0.15, 0.2) is 0 Å². The van der Waals surface area contributed by atoms with Gasteiger partial charge in [0.05, 0.1) is 19.1 Å². The van der Waals surface area contributed by atoms with Gasteiger partial charge >= 0.3 is 5.97 Å². The van der Waals surface area contributed by atoms with Crippen LogP contribution in [0.5, 0.6) is 0 Å². The Kier molecular flexibility index (Phi) is 6.52. The number of hydrogen-bond acceptors (Lipinski definition) is 4. The SMILES string of the molecule is CCOC(=O)CC(O)CNC(C)C1CCCC1. The molecule has 0 saturated heterocycles. The van der Waals surface area contributed by atoms with Crippen molar-refractivity contribution in [1.82, 2.24) is 5.32 Å². The van der Waals surface area contributed by atoms with E-state index in [1.165, 1.54) is 25.7 Å². The zero-order chi connectivity index (χ0) is 12.7. The Morgan fingerprint density at radius 2 is 2.12 bits per heavy atom. The molecule has 0 aromatic carbocycles. The third kappa shape index (κ3) is 5.50. The van der Waals surface area contributed by atoms with Gasteiger partial charge in [-0.15, -0.1) is 0 Å². The fraction of sp³-hybridized carbons (Fsp3) is 0.923. The quantitative estimate of drug-likeness (QED) is 0.665. The molecule has 1 aliphatic carbocycles. The smallest absolute Gasteiger partial charge is 0.308 e. The lowest BCUT2D eigenvalue weighted by atomic mass is 9.99.